The van der Waals surface area contributed by atoms with Crippen LogP contribution in [0.1, 0.15) is 20.8 Å². The molecule has 0 aromatic carbocycles. The summed E-state index contributed by atoms with van der Waals surface area (Å²) in [6, 6.07) is -0.251. The molecule has 0 saturated carbocycles. The third kappa shape index (κ3) is 6.31. The SMILES string of the molecule is CC(C)CS(=O)(=O)CC(C)N. The van der Waals surface area contributed by atoms with E-state index in [1.807, 2.05) is 13.8 Å². The van der Waals surface area contributed by atoms with Gasteiger partial charge in [0.15, 0.2) is 9.84 Å². The molecule has 4 heteroatoms. The van der Waals surface area contributed by atoms with Crippen LogP contribution in [0.25, 0.3) is 0 Å². The summed E-state index contributed by atoms with van der Waals surface area (Å²) in [5.41, 5.74) is 5.38. The van der Waals surface area contributed by atoms with E-state index < -0.39 is 9.84 Å². The Balaban J connectivity index is 4.03. The summed E-state index contributed by atoms with van der Waals surface area (Å²) >= 11 is 0. The van der Waals surface area contributed by atoms with Gasteiger partial charge in [-0.15, -0.1) is 0 Å². The van der Waals surface area contributed by atoms with Gasteiger partial charge in [0.05, 0.1) is 11.5 Å². The lowest BCUT2D eigenvalue weighted by molar-refractivity contribution is 0.577. The third-order valence-electron chi connectivity index (χ3n) is 1.10. The highest BCUT2D eigenvalue weighted by Crippen LogP contribution is 2.01. The standard InChI is InChI=1S/C7H17NO2S/c1-6(2)4-11(9,10)5-7(3)8/h6-7H,4-5,8H2,1-3H3. The first kappa shape index (κ1) is 10.9. The number of nitrogens with two attached hydrogens (primary N) is 1. The summed E-state index contributed by atoms with van der Waals surface area (Å²) < 4.78 is 22.3. The maximum Gasteiger partial charge on any atom is 0.152 e. The van der Waals surface area contributed by atoms with Crippen molar-refractivity contribution in [2.45, 2.75) is 26.8 Å². The zero-order valence-electron chi connectivity index (χ0n) is 7.37. The average molecular weight is 179 g/mol. The van der Waals surface area contributed by atoms with E-state index in [-0.39, 0.29) is 23.5 Å². The molecular formula is C7H17NO2S. The van der Waals surface area contributed by atoms with E-state index in [1.54, 1.807) is 6.92 Å². The Morgan fingerprint density at radius 2 is 1.64 bits per heavy atom. The largest absolute Gasteiger partial charge is 0.327 e. The van der Waals surface area contributed by atoms with Crippen molar-refractivity contribution >= 4 is 9.84 Å². The van der Waals surface area contributed by atoms with Crippen LogP contribution in [0.15, 0.2) is 0 Å². The molecule has 3 nitrogen and oxygen atoms in total. The maximum absolute atomic E-state index is 11.2. The van der Waals surface area contributed by atoms with Crippen molar-refractivity contribution in [1.82, 2.24) is 0 Å². The lowest BCUT2D eigenvalue weighted by Crippen LogP contribution is -2.28. The molecule has 0 radical (unpaired) electrons. The summed E-state index contributed by atoms with van der Waals surface area (Å²) in [7, 11) is -2.91. The summed E-state index contributed by atoms with van der Waals surface area (Å²) in [4.78, 5) is 0. The number of sulfone groups is 1. The van der Waals surface area contributed by atoms with Crippen LogP contribution >= 0.6 is 0 Å². The van der Waals surface area contributed by atoms with Crippen molar-refractivity contribution in [1.29, 1.82) is 0 Å². The number of rotatable bonds is 4. The van der Waals surface area contributed by atoms with Gasteiger partial charge in [0, 0.05) is 6.04 Å². The molecule has 0 aromatic heterocycles. The molecule has 0 spiro atoms. The fourth-order valence-corrected chi connectivity index (χ4v) is 2.93. The first-order valence-electron chi connectivity index (χ1n) is 3.79. The Morgan fingerprint density at radius 3 is 1.91 bits per heavy atom. The first-order valence-corrected chi connectivity index (χ1v) is 5.61. The van der Waals surface area contributed by atoms with E-state index >= 15 is 0 Å². The Morgan fingerprint density at radius 1 is 1.18 bits per heavy atom. The second-order valence-corrected chi connectivity index (χ2v) is 5.60. The molecule has 0 saturated heterocycles. The van der Waals surface area contributed by atoms with Gasteiger partial charge >= 0.3 is 0 Å². The van der Waals surface area contributed by atoms with Gasteiger partial charge in [-0.25, -0.2) is 8.42 Å². The van der Waals surface area contributed by atoms with Crippen molar-refractivity contribution in [2.75, 3.05) is 11.5 Å². The summed E-state index contributed by atoms with van der Waals surface area (Å²) in [5.74, 6) is 0.540. The van der Waals surface area contributed by atoms with Gasteiger partial charge in [-0.2, -0.15) is 0 Å². The van der Waals surface area contributed by atoms with Gasteiger partial charge < -0.3 is 5.73 Å². The topological polar surface area (TPSA) is 60.2 Å². The van der Waals surface area contributed by atoms with Crippen LogP contribution in [0.5, 0.6) is 0 Å². The van der Waals surface area contributed by atoms with Crippen LogP contribution in [-0.2, 0) is 9.84 Å². The van der Waals surface area contributed by atoms with Gasteiger partial charge in [-0.3, -0.25) is 0 Å². The molecule has 0 rings (SSSR count). The maximum atomic E-state index is 11.2. The summed E-state index contributed by atoms with van der Waals surface area (Å²) in [6.45, 7) is 5.48. The van der Waals surface area contributed by atoms with E-state index in [0.717, 1.165) is 0 Å². The van der Waals surface area contributed by atoms with Crippen LogP contribution < -0.4 is 5.73 Å². The van der Waals surface area contributed by atoms with Crippen LogP contribution in [0, 0.1) is 5.92 Å². The molecule has 0 heterocycles. The van der Waals surface area contributed by atoms with Crippen LogP contribution in [0.4, 0.5) is 0 Å². The predicted octanol–water partition coefficient (Wildman–Crippen LogP) is 0.404. The van der Waals surface area contributed by atoms with Crippen molar-refractivity contribution in [3.05, 3.63) is 0 Å². The molecule has 0 aliphatic carbocycles. The van der Waals surface area contributed by atoms with Crippen LogP contribution in [-0.4, -0.2) is 26.0 Å². The predicted molar refractivity (Wildman–Crippen MR) is 47.1 cm³/mol. The first-order chi connectivity index (χ1) is 4.83. The molecule has 2 N–H and O–H groups in total. The smallest absolute Gasteiger partial charge is 0.152 e. The second kappa shape index (κ2) is 4.07. The lowest BCUT2D eigenvalue weighted by Gasteiger charge is -2.08. The fourth-order valence-electron chi connectivity index (χ4n) is 0.976. The molecule has 0 amide bonds. The molecule has 0 fully saturated rings. The zero-order chi connectivity index (χ0) is 9.07. The van der Waals surface area contributed by atoms with Crippen molar-refractivity contribution in [2.24, 2.45) is 11.7 Å². The van der Waals surface area contributed by atoms with Crippen molar-refractivity contribution < 1.29 is 8.42 Å². The van der Waals surface area contributed by atoms with E-state index in [9.17, 15) is 8.42 Å². The van der Waals surface area contributed by atoms with Crippen LogP contribution in [0.3, 0.4) is 0 Å². The minimum atomic E-state index is -2.91. The highest BCUT2D eigenvalue weighted by molar-refractivity contribution is 7.91. The van der Waals surface area contributed by atoms with Crippen molar-refractivity contribution in [3.63, 3.8) is 0 Å². The molecule has 0 aliphatic heterocycles. The van der Waals surface area contributed by atoms with E-state index in [0.29, 0.717) is 0 Å². The number of hydrogen-bond donors (Lipinski definition) is 1. The molecule has 1 unspecified atom stereocenters. The molecule has 0 aromatic rings. The molecule has 0 bridgehead atoms. The zero-order valence-corrected chi connectivity index (χ0v) is 8.19. The average Bonchev–Trinajstić information content (AvgIpc) is 1.53. The van der Waals surface area contributed by atoms with Gasteiger partial charge in [-0.1, -0.05) is 13.8 Å². The van der Waals surface area contributed by atoms with Gasteiger partial charge in [0.1, 0.15) is 0 Å². The van der Waals surface area contributed by atoms with E-state index in [2.05, 4.69) is 0 Å². The van der Waals surface area contributed by atoms with E-state index in [4.69, 9.17) is 5.73 Å². The quantitative estimate of drug-likeness (QED) is 0.679. The Bertz CT molecular complexity index is 178. The highest BCUT2D eigenvalue weighted by Gasteiger charge is 2.14. The van der Waals surface area contributed by atoms with E-state index in [1.165, 1.54) is 0 Å². The molecular weight excluding hydrogens is 162 g/mol. The normalized spacial score (nSPS) is 15.4. The summed E-state index contributed by atoms with van der Waals surface area (Å²) in [6.07, 6.45) is 0. The molecule has 0 aliphatic rings. The Labute approximate surface area is 68.9 Å². The number of hydrogen-bond acceptors (Lipinski definition) is 3. The van der Waals surface area contributed by atoms with Gasteiger partial charge in [0.25, 0.3) is 0 Å². The Kier molecular flexibility index (Phi) is 4.03. The monoisotopic (exact) mass is 179 g/mol. The Hall–Kier alpha value is -0.0900. The minimum absolute atomic E-state index is 0.102. The van der Waals surface area contributed by atoms with Crippen molar-refractivity contribution in [3.8, 4) is 0 Å². The van der Waals surface area contributed by atoms with Gasteiger partial charge in [-0.05, 0) is 12.8 Å². The highest BCUT2D eigenvalue weighted by atomic mass is 32.2. The van der Waals surface area contributed by atoms with Gasteiger partial charge in [0.2, 0.25) is 0 Å². The third-order valence-corrected chi connectivity index (χ3v) is 3.31. The van der Waals surface area contributed by atoms with Crippen LogP contribution in [0.2, 0.25) is 0 Å². The molecule has 1 atom stereocenters. The minimum Gasteiger partial charge on any atom is -0.327 e. The fraction of sp³-hybridized carbons (Fsp3) is 1.00. The molecule has 11 heavy (non-hydrogen) atoms. The second-order valence-electron chi connectivity index (χ2n) is 3.45. The summed E-state index contributed by atoms with van der Waals surface area (Å²) in [5, 5.41) is 0. The molecule has 68 valence electrons. The lowest BCUT2D eigenvalue weighted by atomic mass is 10.3.